The molecule has 3 nitrogen and oxygen atoms in total. The molecule has 3 N–H and O–H groups in total. The van der Waals surface area contributed by atoms with Gasteiger partial charge in [0.1, 0.15) is 0 Å². The highest BCUT2D eigenvalue weighted by molar-refractivity contribution is 5.34. The monoisotopic (exact) mass is 224 g/mol. The molecular weight excluding hydrogens is 207 g/mol. The summed E-state index contributed by atoms with van der Waals surface area (Å²) in [6.07, 6.45) is 1.96. The number of nitrogens with two attached hydrogens (primary N) is 1. The second kappa shape index (κ2) is 5.63. The average molecular weight is 224 g/mol. The molecule has 1 atom stereocenters. The Labute approximate surface area is 95.1 Å². The van der Waals surface area contributed by atoms with Gasteiger partial charge in [-0.3, -0.25) is 5.84 Å². The van der Waals surface area contributed by atoms with Crippen molar-refractivity contribution in [1.29, 1.82) is 0 Å². The molecule has 0 saturated carbocycles. The average Bonchev–Trinajstić information content (AvgIpc) is 2.26. The van der Waals surface area contributed by atoms with Crippen LogP contribution in [0.2, 0.25) is 0 Å². The zero-order valence-electron chi connectivity index (χ0n) is 9.75. The number of hydrazine groups is 1. The van der Waals surface area contributed by atoms with Gasteiger partial charge in [-0.1, -0.05) is 17.7 Å². The van der Waals surface area contributed by atoms with Crippen LogP contribution >= 0.6 is 0 Å². The fraction of sp³-hybridized carbons (Fsp3) is 0.333. The predicted molar refractivity (Wildman–Crippen MR) is 62.4 cm³/mol. The van der Waals surface area contributed by atoms with E-state index in [2.05, 4.69) is 5.43 Å². The highest BCUT2D eigenvalue weighted by atomic mass is 19.1. The Morgan fingerprint density at radius 3 is 2.69 bits per heavy atom. The van der Waals surface area contributed by atoms with Crippen molar-refractivity contribution in [3.8, 4) is 5.75 Å². The minimum Gasteiger partial charge on any atom is -0.494 e. The Balaban J connectivity index is 3.06. The number of rotatable bonds is 4. The van der Waals surface area contributed by atoms with E-state index in [0.29, 0.717) is 0 Å². The lowest BCUT2D eigenvalue weighted by Crippen LogP contribution is -2.26. The van der Waals surface area contributed by atoms with Gasteiger partial charge in [-0.15, -0.1) is 0 Å². The summed E-state index contributed by atoms with van der Waals surface area (Å²) in [5.41, 5.74) is 4.66. The van der Waals surface area contributed by atoms with E-state index in [9.17, 15) is 4.39 Å². The first kappa shape index (κ1) is 12.7. The van der Waals surface area contributed by atoms with E-state index in [1.54, 1.807) is 12.1 Å². The van der Waals surface area contributed by atoms with Crippen molar-refractivity contribution in [3.05, 3.63) is 41.2 Å². The van der Waals surface area contributed by atoms with Crippen molar-refractivity contribution in [3.63, 3.8) is 0 Å². The molecule has 0 spiro atoms. The molecule has 0 fully saturated rings. The highest BCUT2D eigenvalue weighted by Gasteiger charge is 2.10. The lowest BCUT2D eigenvalue weighted by Gasteiger charge is -2.14. The number of nitrogens with one attached hydrogen (secondary N) is 1. The predicted octanol–water partition coefficient (Wildman–Crippen LogP) is 2.30. The molecule has 1 rings (SSSR count). The van der Waals surface area contributed by atoms with E-state index in [4.69, 9.17) is 10.6 Å². The van der Waals surface area contributed by atoms with Crippen molar-refractivity contribution in [2.75, 3.05) is 7.11 Å². The lowest BCUT2D eigenvalue weighted by molar-refractivity contribution is 0.385. The van der Waals surface area contributed by atoms with Crippen molar-refractivity contribution >= 4 is 0 Å². The van der Waals surface area contributed by atoms with Crippen molar-refractivity contribution < 1.29 is 9.13 Å². The fourth-order valence-corrected chi connectivity index (χ4v) is 1.44. The van der Waals surface area contributed by atoms with Gasteiger partial charge in [0.25, 0.3) is 0 Å². The van der Waals surface area contributed by atoms with Gasteiger partial charge in [-0.2, -0.15) is 0 Å². The van der Waals surface area contributed by atoms with Crippen LogP contribution in [0.15, 0.2) is 29.8 Å². The number of benzene rings is 1. The van der Waals surface area contributed by atoms with Crippen LogP contribution in [0.25, 0.3) is 0 Å². The van der Waals surface area contributed by atoms with Crippen LogP contribution in [0, 0.1) is 5.82 Å². The molecule has 1 unspecified atom stereocenters. The highest BCUT2D eigenvalue weighted by Crippen LogP contribution is 2.23. The third-order valence-electron chi connectivity index (χ3n) is 2.21. The first-order valence-corrected chi connectivity index (χ1v) is 5.03. The summed E-state index contributed by atoms with van der Waals surface area (Å²) in [5, 5.41) is 0. The normalized spacial score (nSPS) is 12.1. The van der Waals surface area contributed by atoms with Gasteiger partial charge in [-0.25, -0.2) is 9.82 Å². The molecule has 1 aromatic carbocycles. The zero-order chi connectivity index (χ0) is 12.1. The Morgan fingerprint density at radius 1 is 1.50 bits per heavy atom. The zero-order valence-corrected chi connectivity index (χ0v) is 9.75. The minimum absolute atomic E-state index is 0.139. The maximum absolute atomic E-state index is 13.2. The summed E-state index contributed by atoms with van der Waals surface area (Å²) in [5.74, 6) is 5.30. The first-order chi connectivity index (χ1) is 7.58. The number of allylic oxidation sites excluding steroid dienone is 1. The van der Waals surface area contributed by atoms with Crippen LogP contribution in [-0.4, -0.2) is 7.11 Å². The molecule has 0 bridgehead atoms. The fourth-order valence-electron chi connectivity index (χ4n) is 1.44. The maximum atomic E-state index is 13.2. The molecule has 0 radical (unpaired) electrons. The molecule has 1 aromatic rings. The van der Waals surface area contributed by atoms with Gasteiger partial charge in [0.2, 0.25) is 0 Å². The van der Waals surface area contributed by atoms with Crippen molar-refractivity contribution in [1.82, 2.24) is 5.43 Å². The number of hydrogen-bond donors (Lipinski definition) is 2. The Kier molecular flexibility index (Phi) is 4.46. The standard InChI is InChI=1S/C12H17FN2O/c1-8(2)6-11(15-14)9-4-5-10(13)12(7-9)16-3/h4-7,11,15H,14H2,1-3H3. The van der Waals surface area contributed by atoms with Crippen LogP contribution in [0.3, 0.4) is 0 Å². The lowest BCUT2D eigenvalue weighted by atomic mass is 10.0. The Hall–Kier alpha value is -1.39. The van der Waals surface area contributed by atoms with Gasteiger partial charge in [0.15, 0.2) is 11.6 Å². The quantitative estimate of drug-likeness (QED) is 0.468. The molecule has 0 heterocycles. The molecule has 0 aliphatic carbocycles. The van der Waals surface area contributed by atoms with Crippen molar-refractivity contribution in [2.45, 2.75) is 19.9 Å². The number of halogens is 1. The van der Waals surface area contributed by atoms with E-state index in [1.807, 2.05) is 19.9 Å². The van der Waals surface area contributed by atoms with E-state index >= 15 is 0 Å². The summed E-state index contributed by atoms with van der Waals surface area (Å²) in [6.45, 7) is 3.95. The van der Waals surface area contributed by atoms with Crippen LogP contribution in [0.4, 0.5) is 4.39 Å². The molecule has 88 valence electrons. The number of hydrogen-bond acceptors (Lipinski definition) is 3. The molecular formula is C12H17FN2O. The van der Waals surface area contributed by atoms with Gasteiger partial charge < -0.3 is 4.74 Å². The van der Waals surface area contributed by atoms with Crippen molar-refractivity contribution in [2.24, 2.45) is 5.84 Å². The summed E-state index contributed by atoms with van der Waals surface area (Å²) >= 11 is 0. The maximum Gasteiger partial charge on any atom is 0.165 e. The number of ether oxygens (including phenoxy) is 1. The summed E-state index contributed by atoms with van der Waals surface area (Å²) in [7, 11) is 1.44. The smallest absolute Gasteiger partial charge is 0.165 e. The Morgan fingerprint density at radius 2 is 2.19 bits per heavy atom. The first-order valence-electron chi connectivity index (χ1n) is 5.03. The molecule has 0 aromatic heterocycles. The largest absolute Gasteiger partial charge is 0.494 e. The molecule has 0 amide bonds. The molecule has 0 aliphatic heterocycles. The third kappa shape index (κ3) is 3.05. The summed E-state index contributed by atoms with van der Waals surface area (Å²) < 4.78 is 18.1. The number of methoxy groups -OCH3 is 1. The molecule has 0 aliphatic rings. The molecule has 4 heteroatoms. The topological polar surface area (TPSA) is 47.3 Å². The van der Waals surface area contributed by atoms with Gasteiger partial charge in [0.05, 0.1) is 13.2 Å². The van der Waals surface area contributed by atoms with Gasteiger partial charge in [0, 0.05) is 0 Å². The van der Waals surface area contributed by atoms with E-state index in [1.165, 1.54) is 13.2 Å². The van der Waals surface area contributed by atoms with E-state index < -0.39 is 0 Å². The van der Waals surface area contributed by atoms with Crippen LogP contribution in [-0.2, 0) is 0 Å². The van der Waals surface area contributed by atoms with E-state index in [-0.39, 0.29) is 17.6 Å². The summed E-state index contributed by atoms with van der Waals surface area (Å²) in [6, 6.07) is 4.55. The molecule has 16 heavy (non-hydrogen) atoms. The summed E-state index contributed by atoms with van der Waals surface area (Å²) in [4.78, 5) is 0. The SMILES string of the molecule is COc1cc(C(C=C(C)C)NN)ccc1F. The second-order valence-electron chi connectivity index (χ2n) is 3.78. The molecule has 0 saturated heterocycles. The third-order valence-corrected chi connectivity index (χ3v) is 2.21. The van der Waals surface area contributed by atoms with Crippen LogP contribution < -0.4 is 16.0 Å². The van der Waals surface area contributed by atoms with Gasteiger partial charge in [-0.05, 0) is 31.5 Å². The van der Waals surface area contributed by atoms with Crippen LogP contribution in [0.5, 0.6) is 5.75 Å². The van der Waals surface area contributed by atoms with E-state index in [0.717, 1.165) is 11.1 Å². The minimum atomic E-state index is -0.376. The Bertz CT molecular complexity index is 387. The second-order valence-corrected chi connectivity index (χ2v) is 3.78. The van der Waals surface area contributed by atoms with Crippen LogP contribution in [0.1, 0.15) is 25.5 Å². The van der Waals surface area contributed by atoms with Gasteiger partial charge >= 0.3 is 0 Å².